The lowest BCUT2D eigenvalue weighted by Crippen LogP contribution is -3.15. The first-order chi connectivity index (χ1) is 13.8. The predicted octanol–water partition coefficient (Wildman–Crippen LogP) is 2.86. The lowest BCUT2D eigenvalue weighted by atomic mass is 10.1. The summed E-state index contributed by atoms with van der Waals surface area (Å²) in [5, 5.41) is 0.772. The second kappa shape index (κ2) is 9.33. The van der Waals surface area contributed by atoms with Gasteiger partial charge in [0.05, 0.1) is 38.8 Å². The Kier molecular flexibility index (Phi) is 7.04. The molecule has 1 aliphatic heterocycles. The molecule has 3 rings (SSSR count). The number of halogens is 1. The van der Waals surface area contributed by atoms with Crippen LogP contribution in [0.5, 0.6) is 0 Å². The fraction of sp³-hybridized carbons (Fsp3) is 0.522. The van der Waals surface area contributed by atoms with E-state index >= 15 is 0 Å². The highest BCUT2D eigenvalue weighted by Crippen LogP contribution is 2.24. The molecule has 1 N–H and O–H groups in total. The van der Waals surface area contributed by atoms with Crippen LogP contribution in [0, 0.1) is 20.8 Å². The van der Waals surface area contributed by atoms with E-state index < -0.39 is 0 Å². The summed E-state index contributed by atoms with van der Waals surface area (Å²) in [6.07, 6.45) is 0. The Morgan fingerprint density at radius 3 is 2.55 bits per heavy atom. The summed E-state index contributed by atoms with van der Waals surface area (Å²) in [6, 6.07) is 8.31. The van der Waals surface area contributed by atoms with Crippen LogP contribution in [0.2, 0.25) is 5.02 Å². The van der Waals surface area contributed by atoms with Crippen LogP contribution in [0.25, 0.3) is 0 Å². The molecule has 0 unspecified atom stereocenters. The number of quaternary nitrogens is 1. The molecule has 2 heterocycles. The molecule has 0 saturated carbocycles. The molecule has 1 aromatic carbocycles. The van der Waals surface area contributed by atoms with Gasteiger partial charge in [-0.25, -0.2) is 0 Å². The van der Waals surface area contributed by atoms with Crippen LogP contribution < -0.4 is 9.80 Å². The van der Waals surface area contributed by atoms with Crippen molar-refractivity contribution in [3.63, 3.8) is 0 Å². The van der Waals surface area contributed by atoms with Gasteiger partial charge in [0, 0.05) is 34.8 Å². The Balaban J connectivity index is 1.63. The topological polar surface area (TPSA) is 38.9 Å². The van der Waals surface area contributed by atoms with Gasteiger partial charge in [0.1, 0.15) is 6.54 Å². The van der Waals surface area contributed by atoms with E-state index in [1.807, 2.05) is 25.1 Å². The fourth-order valence-corrected chi connectivity index (χ4v) is 4.71. The van der Waals surface area contributed by atoms with E-state index in [1.54, 1.807) is 7.11 Å². The van der Waals surface area contributed by atoms with E-state index in [1.165, 1.54) is 16.2 Å². The standard InChI is InChI=1S/C23H32ClN3O2/c1-16-6-7-20(24)13-22(16)26-10-8-25(9-11-26)14-23(28)21-12-17(2)27(19(21)4)18(3)15-29-5/h6-7,12-13,18H,8-11,14-15H2,1-5H3/p+1/t18-/m0/s1. The van der Waals surface area contributed by atoms with Crippen molar-refractivity contribution >= 4 is 23.1 Å². The van der Waals surface area contributed by atoms with Gasteiger partial charge in [0.2, 0.25) is 5.78 Å². The fourth-order valence-electron chi connectivity index (χ4n) is 4.54. The third-order valence-corrected chi connectivity index (χ3v) is 6.26. The number of aryl methyl sites for hydroxylation is 2. The molecular weight excluding hydrogens is 386 g/mol. The number of Topliss-reactive ketones (excluding diaryl/α,β-unsaturated/α-hetero) is 1. The summed E-state index contributed by atoms with van der Waals surface area (Å²) in [5.41, 5.74) is 5.47. The van der Waals surface area contributed by atoms with E-state index in [0.29, 0.717) is 13.2 Å². The van der Waals surface area contributed by atoms with Gasteiger partial charge >= 0.3 is 0 Å². The first-order valence-electron chi connectivity index (χ1n) is 10.4. The Bertz CT molecular complexity index is 869. The van der Waals surface area contributed by atoms with Crippen LogP contribution >= 0.6 is 11.6 Å². The van der Waals surface area contributed by atoms with Gasteiger partial charge in [-0.05, 0) is 51.5 Å². The van der Waals surface area contributed by atoms with Crippen molar-refractivity contribution in [2.75, 3.05) is 51.3 Å². The number of anilines is 1. The third kappa shape index (κ3) is 4.85. The molecule has 1 aliphatic rings. The molecule has 0 aliphatic carbocycles. The van der Waals surface area contributed by atoms with Gasteiger partial charge in [-0.15, -0.1) is 0 Å². The van der Waals surface area contributed by atoms with Crippen LogP contribution in [0.3, 0.4) is 0 Å². The van der Waals surface area contributed by atoms with Crippen LogP contribution in [0.4, 0.5) is 5.69 Å². The number of aromatic nitrogens is 1. The van der Waals surface area contributed by atoms with Crippen LogP contribution in [0.15, 0.2) is 24.3 Å². The number of piperazine rings is 1. The molecule has 2 aromatic rings. The van der Waals surface area contributed by atoms with Crippen LogP contribution in [-0.4, -0.2) is 56.8 Å². The number of nitrogens with one attached hydrogen (secondary N) is 1. The van der Waals surface area contributed by atoms with Gasteiger partial charge in [0.15, 0.2) is 0 Å². The Labute approximate surface area is 179 Å². The lowest BCUT2D eigenvalue weighted by molar-refractivity contribution is -0.892. The van der Waals surface area contributed by atoms with E-state index in [0.717, 1.165) is 48.2 Å². The number of ether oxygens (including phenoxy) is 1. The van der Waals surface area contributed by atoms with Crippen LogP contribution in [-0.2, 0) is 4.74 Å². The van der Waals surface area contributed by atoms with Crippen molar-refractivity contribution < 1.29 is 14.4 Å². The molecule has 0 bridgehead atoms. The minimum Gasteiger partial charge on any atom is -0.383 e. The van der Waals surface area contributed by atoms with Crippen molar-refractivity contribution in [2.45, 2.75) is 33.7 Å². The number of benzene rings is 1. The molecule has 5 nitrogen and oxygen atoms in total. The molecule has 1 saturated heterocycles. The minimum atomic E-state index is 0.221. The van der Waals surface area contributed by atoms with Gasteiger partial charge in [-0.2, -0.15) is 0 Å². The van der Waals surface area contributed by atoms with Crippen molar-refractivity contribution in [1.82, 2.24) is 4.57 Å². The molecule has 29 heavy (non-hydrogen) atoms. The summed E-state index contributed by atoms with van der Waals surface area (Å²) >= 11 is 6.19. The molecule has 0 amide bonds. The summed E-state index contributed by atoms with van der Waals surface area (Å²) in [4.78, 5) is 16.8. The monoisotopic (exact) mass is 418 g/mol. The summed E-state index contributed by atoms with van der Waals surface area (Å²) in [7, 11) is 1.71. The molecule has 0 spiro atoms. The summed E-state index contributed by atoms with van der Waals surface area (Å²) in [6.45, 7) is 13.3. The maximum atomic E-state index is 13.0. The molecule has 0 radical (unpaired) electrons. The number of carbonyl (C=O) groups excluding carboxylic acids is 1. The van der Waals surface area contributed by atoms with Gasteiger partial charge in [-0.1, -0.05) is 17.7 Å². The smallest absolute Gasteiger partial charge is 0.218 e. The van der Waals surface area contributed by atoms with Crippen molar-refractivity contribution in [1.29, 1.82) is 0 Å². The highest BCUT2D eigenvalue weighted by molar-refractivity contribution is 6.30. The first kappa shape index (κ1) is 21.9. The highest BCUT2D eigenvalue weighted by atomic mass is 35.5. The van der Waals surface area contributed by atoms with Crippen molar-refractivity contribution in [3.05, 3.63) is 51.8 Å². The van der Waals surface area contributed by atoms with E-state index in [-0.39, 0.29) is 11.8 Å². The van der Waals surface area contributed by atoms with E-state index in [9.17, 15) is 4.79 Å². The van der Waals surface area contributed by atoms with Crippen molar-refractivity contribution in [2.24, 2.45) is 0 Å². The average Bonchev–Trinajstić information content (AvgIpc) is 2.99. The molecular formula is C23H33ClN3O2+. The second-order valence-corrected chi connectivity index (χ2v) is 8.66. The Hall–Kier alpha value is -1.82. The van der Waals surface area contributed by atoms with Gasteiger partial charge < -0.3 is 19.1 Å². The second-order valence-electron chi connectivity index (χ2n) is 8.23. The molecule has 6 heteroatoms. The average molecular weight is 419 g/mol. The summed E-state index contributed by atoms with van der Waals surface area (Å²) < 4.78 is 7.51. The van der Waals surface area contributed by atoms with Crippen molar-refractivity contribution in [3.8, 4) is 0 Å². The number of ketones is 1. The number of nitrogens with zero attached hydrogens (tertiary/aromatic N) is 2. The zero-order valence-corrected chi connectivity index (χ0v) is 19.0. The van der Waals surface area contributed by atoms with Crippen LogP contribution in [0.1, 0.15) is 40.3 Å². The molecule has 158 valence electrons. The largest absolute Gasteiger partial charge is 0.383 e. The van der Waals surface area contributed by atoms with E-state index in [2.05, 4.69) is 36.3 Å². The Morgan fingerprint density at radius 2 is 1.90 bits per heavy atom. The van der Waals surface area contributed by atoms with Gasteiger partial charge in [-0.3, -0.25) is 4.79 Å². The normalized spacial score (nSPS) is 16.3. The maximum absolute atomic E-state index is 13.0. The number of rotatable bonds is 7. The molecule has 1 fully saturated rings. The first-order valence-corrected chi connectivity index (χ1v) is 10.7. The minimum absolute atomic E-state index is 0.221. The predicted molar refractivity (Wildman–Crippen MR) is 119 cm³/mol. The number of hydrogen-bond donors (Lipinski definition) is 1. The highest BCUT2D eigenvalue weighted by Gasteiger charge is 2.26. The molecule has 1 atom stereocenters. The lowest BCUT2D eigenvalue weighted by Gasteiger charge is -2.34. The third-order valence-electron chi connectivity index (χ3n) is 6.03. The zero-order chi connectivity index (χ0) is 21.1. The van der Waals surface area contributed by atoms with Gasteiger partial charge in [0.25, 0.3) is 0 Å². The molecule has 1 aromatic heterocycles. The Morgan fingerprint density at radius 1 is 1.21 bits per heavy atom. The number of methoxy groups -OCH3 is 1. The maximum Gasteiger partial charge on any atom is 0.218 e. The number of carbonyl (C=O) groups is 1. The van der Waals surface area contributed by atoms with E-state index in [4.69, 9.17) is 16.3 Å². The SMILES string of the molecule is COC[C@H](C)n1c(C)cc(C(=O)C[NH+]2CCN(c3cc(Cl)ccc3C)CC2)c1C. The number of hydrogen-bond acceptors (Lipinski definition) is 3. The zero-order valence-electron chi connectivity index (χ0n) is 18.2. The quantitative estimate of drug-likeness (QED) is 0.703. The summed E-state index contributed by atoms with van der Waals surface area (Å²) in [5.74, 6) is 0.233.